The van der Waals surface area contributed by atoms with Gasteiger partial charge in [-0.05, 0) is 64.0 Å². The van der Waals surface area contributed by atoms with Crippen molar-refractivity contribution in [3.05, 3.63) is 64.4 Å². The number of carbonyl (C=O) groups excluding carboxylic acids is 1. The predicted molar refractivity (Wildman–Crippen MR) is 103 cm³/mol. The highest BCUT2D eigenvalue weighted by Crippen LogP contribution is 2.21. The third-order valence-corrected chi connectivity index (χ3v) is 4.94. The number of carbonyl (C=O) groups is 1. The van der Waals surface area contributed by atoms with Gasteiger partial charge >= 0.3 is 0 Å². The zero-order valence-electron chi connectivity index (χ0n) is 13.7. The van der Waals surface area contributed by atoms with Crippen LogP contribution in [0.15, 0.2) is 53.0 Å². The average Bonchev–Trinajstić information content (AvgIpc) is 2.63. The molecule has 3 rings (SSSR count). The molecule has 0 unspecified atom stereocenters. The van der Waals surface area contributed by atoms with E-state index in [4.69, 9.17) is 5.73 Å². The Morgan fingerprint density at radius 1 is 1.08 bits per heavy atom. The van der Waals surface area contributed by atoms with Gasteiger partial charge in [-0.1, -0.05) is 6.07 Å². The molecule has 2 aromatic rings. The van der Waals surface area contributed by atoms with Gasteiger partial charge in [0.2, 0.25) is 5.91 Å². The van der Waals surface area contributed by atoms with Gasteiger partial charge in [0, 0.05) is 48.1 Å². The van der Waals surface area contributed by atoms with Gasteiger partial charge in [0.25, 0.3) is 0 Å². The van der Waals surface area contributed by atoms with E-state index < -0.39 is 0 Å². The van der Waals surface area contributed by atoms with Crippen molar-refractivity contribution in [1.82, 2.24) is 4.90 Å². The lowest BCUT2D eigenvalue weighted by Gasteiger charge is -2.35. The topological polar surface area (TPSA) is 49.6 Å². The number of amides is 1. The molecule has 2 aromatic carbocycles. The Kier molecular flexibility index (Phi) is 5.38. The van der Waals surface area contributed by atoms with E-state index in [1.807, 2.05) is 23.1 Å². The zero-order chi connectivity index (χ0) is 17.8. The predicted octanol–water partition coefficient (Wildman–Crippen LogP) is 3.53. The SMILES string of the molecule is Nc1cc(/C=C/C(=O)N2CCN(c3ccc(F)cc3)CC2)ccc1Br. The zero-order valence-corrected chi connectivity index (χ0v) is 15.2. The summed E-state index contributed by atoms with van der Waals surface area (Å²) in [5, 5.41) is 0. The molecule has 1 saturated heterocycles. The molecule has 0 bridgehead atoms. The van der Waals surface area contributed by atoms with Crippen LogP contribution < -0.4 is 10.6 Å². The Hall–Kier alpha value is -2.34. The summed E-state index contributed by atoms with van der Waals surface area (Å²) in [4.78, 5) is 16.3. The molecule has 1 fully saturated rings. The molecule has 25 heavy (non-hydrogen) atoms. The number of hydrogen-bond acceptors (Lipinski definition) is 3. The van der Waals surface area contributed by atoms with E-state index in [9.17, 15) is 9.18 Å². The largest absolute Gasteiger partial charge is 0.398 e. The minimum atomic E-state index is -0.240. The van der Waals surface area contributed by atoms with Crippen LogP contribution >= 0.6 is 15.9 Å². The van der Waals surface area contributed by atoms with Crippen LogP contribution in [0, 0.1) is 5.82 Å². The minimum Gasteiger partial charge on any atom is -0.398 e. The van der Waals surface area contributed by atoms with E-state index in [2.05, 4.69) is 20.8 Å². The van der Waals surface area contributed by atoms with Crippen LogP contribution in [0.25, 0.3) is 6.08 Å². The van der Waals surface area contributed by atoms with Crippen molar-refractivity contribution in [1.29, 1.82) is 0 Å². The molecule has 1 aliphatic heterocycles. The van der Waals surface area contributed by atoms with Crippen molar-refractivity contribution < 1.29 is 9.18 Å². The van der Waals surface area contributed by atoms with Gasteiger partial charge in [-0.25, -0.2) is 4.39 Å². The summed E-state index contributed by atoms with van der Waals surface area (Å²) in [5.74, 6) is -0.253. The van der Waals surface area contributed by atoms with E-state index in [1.165, 1.54) is 12.1 Å². The number of nitrogens with zero attached hydrogens (tertiary/aromatic N) is 2. The fourth-order valence-electron chi connectivity index (χ4n) is 2.78. The van der Waals surface area contributed by atoms with Gasteiger partial charge in [0.1, 0.15) is 5.82 Å². The maximum atomic E-state index is 13.0. The van der Waals surface area contributed by atoms with Crippen molar-refractivity contribution in [3.63, 3.8) is 0 Å². The van der Waals surface area contributed by atoms with E-state index in [-0.39, 0.29) is 11.7 Å². The molecular formula is C19H19BrFN3O. The van der Waals surface area contributed by atoms with Gasteiger partial charge in [-0.2, -0.15) is 0 Å². The average molecular weight is 404 g/mol. The van der Waals surface area contributed by atoms with Crippen LogP contribution in [0.4, 0.5) is 15.8 Å². The number of halogens is 2. The number of rotatable bonds is 3. The smallest absolute Gasteiger partial charge is 0.246 e. The van der Waals surface area contributed by atoms with Crippen molar-refractivity contribution in [2.45, 2.75) is 0 Å². The summed E-state index contributed by atoms with van der Waals surface area (Å²) in [6.45, 7) is 2.75. The number of piperazine rings is 1. The standard InChI is InChI=1S/C19H19BrFN3O/c20-17-7-1-14(13-18(17)22)2-8-19(25)24-11-9-23(10-12-24)16-5-3-15(21)4-6-16/h1-8,13H,9-12,22H2/b8-2+. The van der Waals surface area contributed by atoms with Crippen molar-refractivity contribution >= 4 is 39.3 Å². The van der Waals surface area contributed by atoms with Crippen LogP contribution in [0.3, 0.4) is 0 Å². The van der Waals surface area contributed by atoms with Gasteiger partial charge in [0.05, 0.1) is 0 Å². The number of nitrogen functional groups attached to an aromatic ring is 1. The Labute approximate surface area is 154 Å². The Morgan fingerprint density at radius 2 is 1.76 bits per heavy atom. The van der Waals surface area contributed by atoms with Gasteiger partial charge in [-0.3, -0.25) is 4.79 Å². The fourth-order valence-corrected chi connectivity index (χ4v) is 3.02. The molecule has 1 heterocycles. The van der Waals surface area contributed by atoms with Crippen LogP contribution in [0.5, 0.6) is 0 Å². The van der Waals surface area contributed by atoms with Crippen LogP contribution in [-0.4, -0.2) is 37.0 Å². The first kappa shape index (κ1) is 17.5. The second-order valence-electron chi connectivity index (χ2n) is 5.90. The Balaban J connectivity index is 1.56. The van der Waals surface area contributed by atoms with Crippen LogP contribution in [0.2, 0.25) is 0 Å². The second-order valence-corrected chi connectivity index (χ2v) is 6.76. The number of anilines is 2. The van der Waals surface area contributed by atoms with Gasteiger partial charge < -0.3 is 15.5 Å². The fraction of sp³-hybridized carbons (Fsp3) is 0.211. The molecule has 0 saturated carbocycles. The molecule has 4 nitrogen and oxygen atoms in total. The molecule has 0 aromatic heterocycles. The van der Waals surface area contributed by atoms with E-state index in [0.29, 0.717) is 18.8 Å². The number of hydrogen-bond donors (Lipinski definition) is 1. The van der Waals surface area contributed by atoms with Crippen molar-refractivity contribution in [2.75, 3.05) is 36.8 Å². The van der Waals surface area contributed by atoms with Crippen molar-refractivity contribution in [2.24, 2.45) is 0 Å². The molecule has 6 heteroatoms. The molecule has 1 aliphatic rings. The Bertz CT molecular complexity index is 784. The Morgan fingerprint density at radius 3 is 2.40 bits per heavy atom. The first-order chi connectivity index (χ1) is 12.0. The van der Waals surface area contributed by atoms with Crippen LogP contribution in [0.1, 0.15) is 5.56 Å². The summed E-state index contributed by atoms with van der Waals surface area (Å²) in [6, 6.07) is 12.0. The highest BCUT2D eigenvalue weighted by molar-refractivity contribution is 9.10. The van der Waals surface area contributed by atoms with Crippen LogP contribution in [-0.2, 0) is 4.79 Å². The lowest BCUT2D eigenvalue weighted by atomic mass is 10.2. The summed E-state index contributed by atoms with van der Waals surface area (Å²) < 4.78 is 13.8. The minimum absolute atomic E-state index is 0.0137. The molecule has 130 valence electrons. The molecule has 0 atom stereocenters. The third-order valence-electron chi connectivity index (χ3n) is 4.22. The summed E-state index contributed by atoms with van der Waals surface area (Å²) in [7, 11) is 0. The van der Waals surface area contributed by atoms with Gasteiger partial charge in [0.15, 0.2) is 0 Å². The maximum Gasteiger partial charge on any atom is 0.246 e. The van der Waals surface area contributed by atoms with E-state index in [1.54, 1.807) is 24.3 Å². The molecule has 1 amide bonds. The summed E-state index contributed by atoms with van der Waals surface area (Å²) >= 11 is 3.35. The molecule has 2 N–H and O–H groups in total. The third kappa shape index (κ3) is 4.39. The normalized spacial score (nSPS) is 15.0. The quantitative estimate of drug-likeness (QED) is 0.629. The van der Waals surface area contributed by atoms with E-state index in [0.717, 1.165) is 28.8 Å². The van der Waals surface area contributed by atoms with Crippen molar-refractivity contribution in [3.8, 4) is 0 Å². The molecular weight excluding hydrogens is 385 g/mol. The monoisotopic (exact) mass is 403 g/mol. The lowest BCUT2D eigenvalue weighted by molar-refractivity contribution is -0.126. The summed E-state index contributed by atoms with van der Waals surface area (Å²) in [6.07, 6.45) is 3.35. The number of benzene rings is 2. The molecule has 0 radical (unpaired) electrons. The number of nitrogens with two attached hydrogens (primary N) is 1. The maximum absolute atomic E-state index is 13.0. The highest BCUT2D eigenvalue weighted by atomic mass is 79.9. The highest BCUT2D eigenvalue weighted by Gasteiger charge is 2.19. The molecule has 0 spiro atoms. The summed E-state index contributed by atoms with van der Waals surface area (Å²) in [5.41, 5.74) is 8.35. The van der Waals surface area contributed by atoms with Gasteiger partial charge in [-0.15, -0.1) is 0 Å². The molecule has 0 aliphatic carbocycles. The second kappa shape index (κ2) is 7.70. The van der Waals surface area contributed by atoms with E-state index >= 15 is 0 Å². The first-order valence-electron chi connectivity index (χ1n) is 8.05. The lowest BCUT2D eigenvalue weighted by Crippen LogP contribution is -2.48. The first-order valence-corrected chi connectivity index (χ1v) is 8.85.